The third kappa shape index (κ3) is 3.19. The highest BCUT2D eigenvalue weighted by molar-refractivity contribution is 5.74. The summed E-state index contributed by atoms with van der Waals surface area (Å²) in [5, 5.41) is 3.27. The second-order valence-corrected chi connectivity index (χ2v) is 2.98. The summed E-state index contributed by atoms with van der Waals surface area (Å²) >= 11 is 0. The van der Waals surface area contributed by atoms with Gasteiger partial charge in [0.1, 0.15) is 0 Å². The Balaban J connectivity index is 1.97. The molecule has 2 N–H and O–H groups in total. The molecule has 1 amide bonds. The van der Waals surface area contributed by atoms with Gasteiger partial charge in [0.2, 0.25) is 5.91 Å². The summed E-state index contributed by atoms with van der Waals surface area (Å²) in [5.41, 5.74) is 2.38. The van der Waals surface area contributed by atoms with Crippen LogP contribution in [0.2, 0.25) is 0 Å². The van der Waals surface area contributed by atoms with E-state index < -0.39 is 0 Å². The Morgan fingerprint density at radius 3 is 3.17 bits per heavy atom. The first-order valence-corrected chi connectivity index (χ1v) is 4.47. The van der Waals surface area contributed by atoms with Gasteiger partial charge in [0, 0.05) is 12.5 Å². The molecule has 4 heteroatoms. The van der Waals surface area contributed by atoms with Gasteiger partial charge in [-0.05, 0) is 19.4 Å². The molecule has 1 saturated heterocycles. The van der Waals surface area contributed by atoms with Crippen molar-refractivity contribution >= 4 is 5.91 Å². The minimum absolute atomic E-state index is 0.0620. The summed E-state index contributed by atoms with van der Waals surface area (Å²) in [7, 11) is 0. The molecule has 0 aromatic carbocycles. The fraction of sp³-hybridized carbons (Fsp3) is 0.875. The lowest BCUT2D eigenvalue weighted by molar-refractivity contribution is -0.133. The van der Waals surface area contributed by atoms with Gasteiger partial charge in [-0.3, -0.25) is 9.63 Å². The van der Waals surface area contributed by atoms with Crippen molar-refractivity contribution in [3.63, 3.8) is 0 Å². The first kappa shape index (κ1) is 9.48. The number of nitrogens with one attached hydrogen (secondary N) is 2. The third-order valence-corrected chi connectivity index (χ3v) is 1.95. The van der Waals surface area contributed by atoms with Gasteiger partial charge in [-0.15, -0.1) is 0 Å². The van der Waals surface area contributed by atoms with E-state index in [0.29, 0.717) is 19.1 Å². The highest BCUT2D eigenvalue weighted by atomic mass is 16.7. The van der Waals surface area contributed by atoms with Gasteiger partial charge < -0.3 is 5.32 Å². The van der Waals surface area contributed by atoms with Crippen LogP contribution in [0.4, 0.5) is 0 Å². The van der Waals surface area contributed by atoms with E-state index in [1.807, 2.05) is 0 Å². The number of carbonyl (C=O) groups excluding carboxylic acids is 1. The van der Waals surface area contributed by atoms with Crippen molar-refractivity contribution in [2.75, 3.05) is 13.2 Å². The summed E-state index contributed by atoms with van der Waals surface area (Å²) in [4.78, 5) is 15.7. The van der Waals surface area contributed by atoms with Crippen molar-refractivity contribution in [1.29, 1.82) is 0 Å². The van der Waals surface area contributed by atoms with E-state index in [1.54, 1.807) is 6.92 Å². The molecule has 0 aliphatic carbocycles. The Kier molecular flexibility index (Phi) is 4.04. The molecule has 70 valence electrons. The smallest absolute Gasteiger partial charge is 0.243 e. The largest absolute Gasteiger partial charge is 0.312 e. The molecule has 0 aromatic rings. The molecule has 1 rings (SSSR count). The molecular weight excluding hydrogens is 156 g/mol. The molecule has 12 heavy (non-hydrogen) atoms. The zero-order valence-electron chi connectivity index (χ0n) is 7.43. The lowest BCUT2D eigenvalue weighted by Gasteiger charge is -2.10. The summed E-state index contributed by atoms with van der Waals surface area (Å²) in [6, 6.07) is 0.419. The quantitative estimate of drug-likeness (QED) is 0.595. The van der Waals surface area contributed by atoms with Crippen molar-refractivity contribution in [2.45, 2.75) is 32.2 Å². The zero-order valence-corrected chi connectivity index (χ0v) is 7.43. The Hall–Kier alpha value is -0.610. The maximum Gasteiger partial charge on any atom is 0.243 e. The minimum atomic E-state index is -0.0620. The van der Waals surface area contributed by atoms with E-state index in [4.69, 9.17) is 4.84 Å². The average Bonchev–Trinajstić information content (AvgIpc) is 2.57. The van der Waals surface area contributed by atoms with E-state index >= 15 is 0 Å². The van der Waals surface area contributed by atoms with Crippen LogP contribution in [0.3, 0.4) is 0 Å². The molecule has 1 aliphatic rings. The van der Waals surface area contributed by atoms with Crippen LogP contribution >= 0.6 is 0 Å². The fourth-order valence-corrected chi connectivity index (χ4v) is 1.19. The number of hydrogen-bond acceptors (Lipinski definition) is 3. The van der Waals surface area contributed by atoms with Gasteiger partial charge >= 0.3 is 0 Å². The monoisotopic (exact) mass is 172 g/mol. The lowest BCUT2D eigenvalue weighted by Crippen LogP contribution is -2.32. The zero-order chi connectivity index (χ0) is 8.81. The topological polar surface area (TPSA) is 50.4 Å². The van der Waals surface area contributed by atoms with Gasteiger partial charge in [0.25, 0.3) is 0 Å². The van der Waals surface area contributed by atoms with Crippen molar-refractivity contribution < 1.29 is 9.63 Å². The van der Waals surface area contributed by atoms with E-state index in [9.17, 15) is 4.79 Å². The molecule has 1 heterocycles. The normalized spacial score (nSPS) is 22.6. The van der Waals surface area contributed by atoms with Crippen LogP contribution in [0.5, 0.6) is 0 Å². The highest BCUT2D eigenvalue weighted by Gasteiger charge is 2.13. The van der Waals surface area contributed by atoms with E-state index in [-0.39, 0.29) is 5.91 Å². The summed E-state index contributed by atoms with van der Waals surface area (Å²) in [6.45, 7) is 3.44. The van der Waals surface area contributed by atoms with Crippen molar-refractivity contribution in [3.8, 4) is 0 Å². The molecule has 1 unspecified atom stereocenters. The third-order valence-electron chi connectivity index (χ3n) is 1.95. The van der Waals surface area contributed by atoms with Gasteiger partial charge in [-0.1, -0.05) is 6.92 Å². The van der Waals surface area contributed by atoms with Crippen LogP contribution in [0.15, 0.2) is 0 Å². The number of carbonyl (C=O) groups is 1. The van der Waals surface area contributed by atoms with Crippen LogP contribution in [0.1, 0.15) is 26.2 Å². The number of amides is 1. The van der Waals surface area contributed by atoms with Crippen LogP contribution in [-0.2, 0) is 9.63 Å². The van der Waals surface area contributed by atoms with Crippen LogP contribution in [0, 0.1) is 0 Å². The number of hydrogen-bond donors (Lipinski definition) is 2. The molecule has 4 nitrogen and oxygen atoms in total. The number of hydroxylamine groups is 1. The summed E-state index contributed by atoms with van der Waals surface area (Å²) < 4.78 is 0. The summed E-state index contributed by atoms with van der Waals surface area (Å²) in [5.74, 6) is -0.0620. The second kappa shape index (κ2) is 5.11. The van der Waals surface area contributed by atoms with Gasteiger partial charge in [0.15, 0.2) is 0 Å². The Morgan fingerprint density at radius 2 is 2.58 bits per heavy atom. The van der Waals surface area contributed by atoms with Crippen LogP contribution in [-0.4, -0.2) is 25.1 Å². The molecule has 0 saturated carbocycles. The highest BCUT2D eigenvalue weighted by Crippen LogP contribution is 2.03. The Labute approximate surface area is 72.6 Å². The van der Waals surface area contributed by atoms with Crippen molar-refractivity contribution in [2.24, 2.45) is 0 Å². The number of rotatable bonds is 4. The fourth-order valence-electron chi connectivity index (χ4n) is 1.19. The molecule has 0 bridgehead atoms. The Bertz CT molecular complexity index is 144. The van der Waals surface area contributed by atoms with E-state index in [2.05, 4.69) is 10.8 Å². The minimum Gasteiger partial charge on any atom is -0.312 e. The van der Waals surface area contributed by atoms with Crippen molar-refractivity contribution in [1.82, 2.24) is 10.8 Å². The van der Waals surface area contributed by atoms with Gasteiger partial charge in [0.05, 0.1) is 6.61 Å². The second-order valence-electron chi connectivity index (χ2n) is 2.98. The maximum atomic E-state index is 10.7. The first-order chi connectivity index (χ1) is 5.83. The first-order valence-electron chi connectivity index (χ1n) is 4.47. The molecule has 1 aliphatic heterocycles. The molecule has 1 atom stereocenters. The molecular formula is C8H16N2O2. The predicted molar refractivity (Wildman–Crippen MR) is 45.4 cm³/mol. The SMILES string of the molecule is CCC(=O)NOCC1CCCN1. The maximum absolute atomic E-state index is 10.7. The molecule has 0 aromatic heterocycles. The summed E-state index contributed by atoms with van der Waals surface area (Å²) in [6.07, 6.45) is 2.82. The van der Waals surface area contributed by atoms with E-state index in [0.717, 1.165) is 13.0 Å². The van der Waals surface area contributed by atoms with Crippen molar-refractivity contribution in [3.05, 3.63) is 0 Å². The van der Waals surface area contributed by atoms with Crippen LogP contribution < -0.4 is 10.8 Å². The predicted octanol–water partition coefficient (Wildman–Crippen LogP) is 0.196. The average molecular weight is 172 g/mol. The lowest BCUT2D eigenvalue weighted by atomic mass is 10.2. The van der Waals surface area contributed by atoms with E-state index in [1.165, 1.54) is 6.42 Å². The standard InChI is InChI=1S/C8H16N2O2/c1-2-8(11)10-12-6-7-4-3-5-9-7/h7,9H,2-6H2,1H3,(H,10,11). The molecule has 1 fully saturated rings. The van der Waals surface area contributed by atoms with Crippen LogP contribution in [0.25, 0.3) is 0 Å². The van der Waals surface area contributed by atoms with Gasteiger partial charge in [-0.25, -0.2) is 5.48 Å². The molecule has 0 radical (unpaired) electrons. The Morgan fingerprint density at radius 1 is 1.75 bits per heavy atom. The molecule has 0 spiro atoms. The van der Waals surface area contributed by atoms with Gasteiger partial charge in [-0.2, -0.15) is 0 Å².